The Morgan fingerprint density at radius 3 is 2.89 bits per heavy atom. The van der Waals surface area contributed by atoms with Crippen molar-refractivity contribution in [2.45, 2.75) is 31.5 Å². The predicted octanol–water partition coefficient (Wildman–Crippen LogP) is -0.794. The van der Waals surface area contributed by atoms with Crippen LogP contribution >= 0.6 is 0 Å². The topological polar surface area (TPSA) is 134 Å². The number of hydrogen-bond acceptors (Lipinski definition) is 8. The molecule has 27 heavy (non-hydrogen) atoms. The zero-order chi connectivity index (χ0) is 20.0. The van der Waals surface area contributed by atoms with Crippen molar-refractivity contribution < 1.29 is 27.0 Å². The van der Waals surface area contributed by atoms with Crippen LogP contribution in [0, 0.1) is 0 Å². The standard InChI is InChI=1S/C16H22N4O6S/c1-3-6-25-20-9-15(26-27(2,23)24)13(10-21)14(20)4-5-19-8-12(18-11-19)7-16(17)22/h3,8,11,14-15H,1,4-7,9H2,2H3,(H2,17,22)/t14-,15+/m1/s1. The molecule has 1 aliphatic heterocycles. The molecule has 148 valence electrons. The quantitative estimate of drug-likeness (QED) is 0.308. The van der Waals surface area contributed by atoms with Gasteiger partial charge < -0.3 is 10.3 Å². The van der Waals surface area contributed by atoms with Gasteiger partial charge in [-0.25, -0.2) is 9.78 Å². The van der Waals surface area contributed by atoms with Gasteiger partial charge in [-0.2, -0.15) is 13.5 Å². The van der Waals surface area contributed by atoms with Crippen molar-refractivity contribution in [1.29, 1.82) is 0 Å². The Bertz CT molecular complexity index is 843. The second-order valence-electron chi connectivity index (χ2n) is 6.08. The van der Waals surface area contributed by atoms with Gasteiger partial charge in [-0.3, -0.25) is 13.8 Å². The number of aromatic nitrogens is 2. The lowest BCUT2D eigenvalue weighted by Crippen LogP contribution is -2.31. The largest absolute Gasteiger partial charge is 0.369 e. The van der Waals surface area contributed by atoms with Gasteiger partial charge >= 0.3 is 0 Å². The molecule has 1 amide bonds. The van der Waals surface area contributed by atoms with Crippen molar-refractivity contribution in [2.24, 2.45) is 5.73 Å². The zero-order valence-corrected chi connectivity index (χ0v) is 15.7. The lowest BCUT2D eigenvalue weighted by atomic mass is 10.1. The summed E-state index contributed by atoms with van der Waals surface area (Å²) in [6.07, 6.45) is 5.19. The normalized spacial score (nSPS) is 20.6. The molecule has 0 bridgehead atoms. The van der Waals surface area contributed by atoms with E-state index in [0.29, 0.717) is 18.7 Å². The Morgan fingerprint density at radius 1 is 1.56 bits per heavy atom. The minimum Gasteiger partial charge on any atom is -0.369 e. The van der Waals surface area contributed by atoms with Gasteiger partial charge in [-0.1, -0.05) is 6.08 Å². The van der Waals surface area contributed by atoms with Crippen LogP contribution in [0.15, 0.2) is 30.8 Å². The smallest absolute Gasteiger partial charge is 0.265 e. The third kappa shape index (κ3) is 6.12. The maximum Gasteiger partial charge on any atom is 0.265 e. The number of nitrogens with two attached hydrogens (primary N) is 1. The van der Waals surface area contributed by atoms with E-state index in [9.17, 15) is 18.0 Å². The van der Waals surface area contributed by atoms with Gasteiger partial charge in [0.1, 0.15) is 12.0 Å². The number of amides is 1. The van der Waals surface area contributed by atoms with E-state index >= 15 is 0 Å². The summed E-state index contributed by atoms with van der Waals surface area (Å²) in [5, 5.41) is 1.50. The number of rotatable bonds is 10. The monoisotopic (exact) mass is 398 g/mol. The van der Waals surface area contributed by atoms with Crippen molar-refractivity contribution in [3.8, 4) is 0 Å². The Labute approximate surface area is 157 Å². The number of nitrogens with zero attached hydrogens (tertiary/aromatic N) is 3. The molecule has 0 spiro atoms. The van der Waals surface area contributed by atoms with Crippen LogP contribution < -0.4 is 5.73 Å². The molecule has 11 heteroatoms. The number of primary amides is 1. The van der Waals surface area contributed by atoms with Gasteiger partial charge in [0.05, 0.1) is 49.5 Å². The molecule has 0 aromatic carbocycles. The summed E-state index contributed by atoms with van der Waals surface area (Å²) in [7, 11) is -3.75. The van der Waals surface area contributed by atoms with E-state index < -0.39 is 28.2 Å². The first-order chi connectivity index (χ1) is 12.7. The summed E-state index contributed by atoms with van der Waals surface area (Å²) in [5.74, 6) is 1.32. The average Bonchev–Trinajstić information content (AvgIpc) is 3.12. The van der Waals surface area contributed by atoms with Gasteiger partial charge in [-0.15, -0.1) is 6.58 Å². The molecular weight excluding hydrogens is 376 g/mol. The minimum absolute atomic E-state index is 0.0365. The van der Waals surface area contributed by atoms with Crippen LogP contribution in [-0.2, 0) is 41.7 Å². The molecule has 2 rings (SSSR count). The Kier molecular flexibility index (Phi) is 7.05. The number of carbonyl (C=O) groups is 1. The second-order valence-corrected chi connectivity index (χ2v) is 7.68. The fourth-order valence-electron chi connectivity index (χ4n) is 2.85. The van der Waals surface area contributed by atoms with Gasteiger partial charge in [0, 0.05) is 12.7 Å². The molecule has 10 nitrogen and oxygen atoms in total. The Balaban J connectivity index is 2.11. The molecule has 1 aliphatic rings. The third-order valence-electron chi connectivity index (χ3n) is 3.87. The molecule has 0 aliphatic carbocycles. The Hall–Kier alpha value is -2.30. The van der Waals surface area contributed by atoms with Crippen LogP contribution in [0.25, 0.3) is 0 Å². The molecule has 1 aromatic heterocycles. The van der Waals surface area contributed by atoms with Crippen molar-refractivity contribution in [2.75, 3.05) is 19.4 Å². The van der Waals surface area contributed by atoms with Crippen LogP contribution in [0.5, 0.6) is 0 Å². The second kappa shape index (κ2) is 9.07. The van der Waals surface area contributed by atoms with Crippen molar-refractivity contribution in [1.82, 2.24) is 14.6 Å². The van der Waals surface area contributed by atoms with Gasteiger partial charge in [0.15, 0.2) is 0 Å². The number of carbonyl (C=O) groups excluding carboxylic acids is 2. The molecular formula is C16H22N4O6S. The van der Waals surface area contributed by atoms with Crippen LogP contribution in [0.4, 0.5) is 0 Å². The highest BCUT2D eigenvalue weighted by molar-refractivity contribution is 7.86. The third-order valence-corrected chi connectivity index (χ3v) is 4.45. The maximum atomic E-state index is 11.5. The highest BCUT2D eigenvalue weighted by Crippen LogP contribution is 2.28. The first-order valence-corrected chi connectivity index (χ1v) is 9.97. The minimum atomic E-state index is -3.75. The van der Waals surface area contributed by atoms with Crippen LogP contribution in [0.2, 0.25) is 0 Å². The fraction of sp³-hybridized carbons (Fsp3) is 0.500. The molecule has 1 aromatic rings. The van der Waals surface area contributed by atoms with Crippen molar-refractivity contribution in [3.63, 3.8) is 0 Å². The number of hydrogen-bond donors (Lipinski definition) is 1. The van der Waals surface area contributed by atoms with Crippen LogP contribution in [-0.4, -0.2) is 66.4 Å². The van der Waals surface area contributed by atoms with Gasteiger partial charge in [0.25, 0.3) is 10.1 Å². The number of aryl methyl sites for hydroxylation is 1. The van der Waals surface area contributed by atoms with Crippen LogP contribution in [0.3, 0.4) is 0 Å². The maximum absolute atomic E-state index is 11.5. The lowest BCUT2D eigenvalue weighted by molar-refractivity contribution is -0.159. The molecule has 2 N–H and O–H groups in total. The van der Waals surface area contributed by atoms with Gasteiger partial charge in [0.2, 0.25) is 5.91 Å². The van der Waals surface area contributed by atoms with E-state index in [1.54, 1.807) is 23.0 Å². The van der Waals surface area contributed by atoms with Crippen molar-refractivity contribution in [3.05, 3.63) is 36.4 Å². The van der Waals surface area contributed by atoms with E-state index in [2.05, 4.69) is 11.6 Å². The first kappa shape index (κ1) is 21.0. The summed E-state index contributed by atoms with van der Waals surface area (Å²) in [6.45, 7) is 4.29. The van der Waals surface area contributed by atoms with E-state index in [4.69, 9.17) is 14.8 Å². The van der Waals surface area contributed by atoms with E-state index in [0.717, 1.165) is 6.26 Å². The number of hydroxylamine groups is 2. The molecule has 0 unspecified atom stereocenters. The summed E-state index contributed by atoms with van der Waals surface area (Å²) in [6, 6.07) is -0.517. The average molecular weight is 398 g/mol. The summed E-state index contributed by atoms with van der Waals surface area (Å²) in [5.41, 5.74) is 5.85. The molecule has 1 fully saturated rings. The summed E-state index contributed by atoms with van der Waals surface area (Å²) < 4.78 is 29.7. The molecule has 1 saturated heterocycles. The molecule has 2 heterocycles. The predicted molar refractivity (Wildman–Crippen MR) is 95.3 cm³/mol. The molecule has 0 saturated carbocycles. The molecule has 0 radical (unpaired) electrons. The highest BCUT2D eigenvalue weighted by atomic mass is 32.2. The Morgan fingerprint density at radius 2 is 2.30 bits per heavy atom. The molecule has 2 atom stereocenters. The van der Waals surface area contributed by atoms with Crippen LogP contribution in [0.1, 0.15) is 12.1 Å². The number of imidazole rings is 1. The first-order valence-electron chi connectivity index (χ1n) is 8.16. The van der Waals surface area contributed by atoms with E-state index in [1.165, 1.54) is 11.1 Å². The highest BCUT2D eigenvalue weighted by Gasteiger charge is 2.41. The summed E-state index contributed by atoms with van der Waals surface area (Å²) in [4.78, 5) is 32.0. The van der Waals surface area contributed by atoms with Crippen molar-refractivity contribution >= 4 is 22.0 Å². The van der Waals surface area contributed by atoms with E-state index in [1.807, 2.05) is 0 Å². The lowest BCUT2D eigenvalue weighted by Gasteiger charge is -2.22. The SMILES string of the molecule is C=CCON1C[C@H](OS(C)(=O)=O)C(=C=O)[C@H]1CCn1cnc(CC(N)=O)c1. The zero-order valence-electron chi connectivity index (χ0n) is 14.9. The van der Waals surface area contributed by atoms with Gasteiger partial charge in [-0.05, 0) is 6.42 Å². The fourth-order valence-corrected chi connectivity index (χ4v) is 3.43. The summed E-state index contributed by atoms with van der Waals surface area (Å²) >= 11 is 0. The van der Waals surface area contributed by atoms with E-state index in [-0.39, 0.29) is 25.1 Å².